The monoisotopic (exact) mass is 279 g/mol. The van der Waals surface area contributed by atoms with E-state index in [0.717, 1.165) is 21.4 Å². The summed E-state index contributed by atoms with van der Waals surface area (Å²) >= 11 is 0.162. The second-order valence-corrected chi connectivity index (χ2v) is 6.52. The van der Waals surface area contributed by atoms with Gasteiger partial charge in [0.05, 0.1) is 0 Å². The zero-order valence-corrected chi connectivity index (χ0v) is 9.24. The van der Waals surface area contributed by atoms with Crippen LogP contribution in [0.4, 0.5) is 0 Å². The number of hydrogen-bond acceptors (Lipinski definition) is 2. The van der Waals surface area contributed by atoms with Gasteiger partial charge in [0, 0.05) is 0 Å². The molecule has 1 heterocycles. The molecular formula is C8H12IN2O-. The summed E-state index contributed by atoms with van der Waals surface area (Å²) in [4.78, 5) is 13.1. The van der Waals surface area contributed by atoms with Gasteiger partial charge in [-0.3, -0.25) is 0 Å². The van der Waals surface area contributed by atoms with Gasteiger partial charge < -0.3 is 0 Å². The number of carbonyl (C=O) groups excluding carboxylic acids is 1. The number of nitriles is 1. The first kappa shape index (κ1) is 9.78. The van der Waals surface area contributed by atoms with Crippen molar-refractivity contribution in [2.24, 2.45) is 0 Å². The van der Waals surface area contributed by atoms with Gasteiger partial charge in [-0.05, 0) is 0 Å². The Morgan fingerprint density at radius 3 is 3.08 bits per heavy atom. The van der Waals surface area contributed by atoms with Crippen LogP contribution in [0.2, 0.25) is 0 Å². The summed E-state index contributed by atoms with van der Waals surface area (Å²) in [7, 11) is 0. The third kappa shape index (κ3) is 2.63. The van der Waals surface area contributed by atoms with Gasteiger partial charge in [0.25, 0.3) is 0 Å². The molecule has 0 aliphatic carbocycles. The van der Waals surface area contributed by atoms with E-state index < -0.39 is 0 Å². The molecule has 1 amide bonds. The average Bonchev–Trinajstić information content (AvgIpc) is 2.06. The van der Waals surface area contributed by atoms with E-state index in [4.69, 9.17) is 5.26 Å². The van der Waals surface area contributed by atoms with Crippen molar-refractivity contribution in [2.75, 3.05) is 11.1 Å². The standard InChI is InChI=1S/C8H12IN2O/c1-7-3-5-11(6-9-7)8(12)2-4-10/h7H,2-3,5-6H2,1H3/q-1/t7-/m1/s1. The van der Waals surface area contributed by atoms with E-state index >= 15 is 0 Å². The van der Waals surface area contributed by atoms with Crippen LogP contribution in [0.3, 0.4) is 0 Å². The van der Waals surface area contributed by atoms with Crippen LogP contribution in [0.5, 0.6) is 0 Å². The molecule has 1 rings (SSSR count). The summed E-state index contributed by atoms with van der Waals surface area (Å²) < 4.78 is 1.79. The van der Waals surface area contributed by atoms with E-state index in [1.165, 1.54) is 0 Å². The number of carbonyl (C=O) groups is 1. The predicted octanol–water partition coefficient (Wildman–Crippen LogP) is -2.43. The van der Waals surface area contributed by atoms with Crippen LogP contribution in [-0.4, -0.2) is 25.8 Å². The average molecular weight is 279 g/mol. The molecular weight excluding hydrogens is 267 g/mol. The number of nitrogens with zero attached hydrogens (tertiary/aromatic N) is 2. The number of rotatable bonds is 1. The first-order valence-electron chi connectivity index (χ1n) is 3.96. The summed E-state index contributed by atoms with van der Waals surface area (Å²) in [5.41, 5.74) is 0. The Morgan fingerprint density at radius 1 is 1.83 bits per heavy atom. The summed E-state index contributed by atoms with van der Waals surface area (Å²) in [6, 6.07) is 1.90. The molecule has 0 bridgehead atoms. The van der Waals surface area contributed by atoms with Gasteiger partial charge in [-0.2, -0.15) is 0 Å². The Kier molecular flexibility index (Phi) is 3.79. The molecule has 1 saturated heterocycles. The normalized spacial score (nSPS) is 24.0. The summed E-state index contributed by atoms with van der Waals surface area (Å²) in [6.07, 6.45) is 1.18. The third-order valence-electron chi connectivity index (χ3n) is 1.86. The molecule has 0 aromatic carbocycles. The summed E-state index contributed by atoms with van der Waals surface area (Å²) in [5, 5.41) is 8.33. The van der Waals surface area contributed by atoms with Gasteiger partial charge in [-0.15, -0.1) is 0 Å². The number of halogens is 1. The Hall–Kier alpha value is -0.310. The second kappa shape index (κ2) is 4.65. The molecule has 12 heavy (non-hydrogen) atoms. The number of hydrogen-bond donors (Lipinski definition) is 0. The number of amides is 1. The molecule has 0 N–H and O–H groups in total. The Balaban J connectivity index is 2.35. The van der Waals surface area contributed by atoms with E-state index in [0.29, 0.717) is 0 Å². The maximum absolute atomic E-state index is 11.2. The molecule has 0 aromatic rings. The van der Waals surface area contributed by atoms with Crippen LogP contribution in [0.15, 0.2) is 0 Å². The van der Waals surface area contributed by atoms with Crippen molar-refractivity contribution in [3.8, 4) is 6.07 Å². The third-order valence-corrected chi connectivity index (χ3v) is 5.20. The van der Waals surface area contributed by atoms with Gasteiger partial charge in [-0.1, -0.05) is 0 Å². The topological polar surface area (TPSA) is 44.1 Å². The maximum atomic E-state index is 11.2. The fourth-order valence-corrected chi connectivity index (χ4v) is 3.63. The van der Waals surface area contributed by atoms with E-state index in [1.807, 2.05) is 11.0 Å². The van der Waals surface area contributed by atoms with Gasteiger partial charge in [-0.25, -0.2) is 0 Å². The van der Waals surface area contributed by atoms with Crippen molar-refractivity contribution in [3.63, 3.8) is 0 Å². The van der Waals surface area contributed by atoms with Crippen molar-refractivity contribution < 1.29 is 26.0 Å². The Morgan fingerprint density at radius 2 is 2.58 bits per heavy atom. The van der Waals surface area contributed by atoms with E-state index in [9.17, 15) is 4.79 Å². The van der Waals surface area contributed by atoms with Crippen LogP contribution >= 0.6 is 0 Å². The Bertz CT molecular complexity index is 204. The Labute approximate surface area is 83.0 Å². The van der Waals surface area contributed by atoms with Crippen LogP contribution in [0.1, 0.15) is 19.8 Å². The first-order chi connectivity index (χ1) is 5.74. The van der Waals surface area contributed by atoms with Gasteiger partial charge in [0.1, 0.15) is 0 Å². The molecule has 1 aliphatic heterocycles. The zero-order chi connectivity index (χ0) is 8.97. The number of alkyl halides is 2. The molecule has 4 heteroatoms. The fraction of sp³-hybridized carbons (Fsp3) is 0.750. The molecule has 0 aromatic heterocycles. The van der Waals surface area contributed by atoms with Crippen molar-refractivity contribution in [1.82, 2.24) is 4.90 Å². The molecule has 1 fully saturated rings. The molecule has 0 radical (unpaired) electrons. The fourth-order valence-electron chi connectivity index (χ4n) is 1.04. The van der Waals surface area contributed by atoms with Crippen molar-refractivity contribution >= 4 is 5.91 Å². The molecule has 0 spiro atoms. The quantitative estimate of drug-likeness (QED) is 0.304. The van der Waals surface area contributed by atoms with Crippen LogP contribution < -0.4 is 21.2 Å². The molecule has 1 aliphatic rings. The second-order valence-electron chi connectivity index (χ2n) is 2.84. The molecule has 0 unspecified atom stereocenters. The van der Waals surface area contributed by atoms with Crippen molar-refractivity contribution in [1.29, 1.82) is 5.26 Å². The zero-order valence-electron chi connectivity index (χ0n) is 7.09. The van der Waals surface area contributed by atoms with E-state index in [2.05, 4.69) is 6.92 Å². The predicted molar refractivity (Wildman–Crippen MR) is 40.9 cm³/mol. The SMILES string of the molecule is C[C@@H]1CCN(C(=O)CC#N)C[I-]1. The molecule has 0 saturated carbocycles. The van der Waals surface area contributed by atoms with Gasteiger partial charge in [0.15, 0.2) is 0 Å². The summed E-state index contributed by atoms with van der Waals surface area (Å²) in [6.45, 7) is 3.11. The van der Waals surface area contributed by atoms with Crippen molar-refractivity contribution in [3.05, 3.63) is 0 Å². The van der Waals surface area contributed by atoms with Gasteiger partial charge >= 0.3 is 82.9 Å². The molecule has 3 nitrogen and oxygen atoms in total. The summed E-state index contributed by atoms with van der Waals surface area (Å²) in [5.74, 6) is 0.0177. The van der Waals surface area contributed by atoms with Crippen LogP contribution in [0.25, 0.3) is 0 Å². The molecule has 1 atom stereocenters. The minimum atomic E-state index is 0.0177. The van der Waals surface area contributed by atoms with E-state index in [-0.39, 0.29) is 33.5 Å². The van der Waals surface area contributed by atoms with Crippen LogP contribution in [0, 0.1) is 11.3 Å². The van der Waals surface area contributed by atoms with Crippen LogP contribution in [-0.2, 0) is 4.79 Å². The van der Waals surface area contributed by atoms with Crippen molar-refractivity contribution in [2.45, 2.75) is 23.7 Å². The molecule has 68 valence electrons. The van der Waals surface area contributed by atoms with E-state index in [1.54, 1.807) is 0 Å². The van der Waals surface area contributed by atoms with Gasteiger partial charge in [0.2, 0.25) is 0 Å². The first-order valence-corrected chi connectivity index (χ1v) is 6.73. The minimum absolute atomic E-state index is 0.0177.